The summed E-state index contributed by atoms with van der Waals surface area (Å²) in [6.07, 6.45) is 3.03. The van der Waals surface area contributed by atoms with Crippen LogP contribution in [0.3, 0.4) is 0 Å². The van der Waals surface area contributed by atoms with Crippen molar-refractivity contribution in [2.75, 3.05) is 39.0 Å². The average Bonchev–Trinajstić information content (AvgIpc) is 3.05. The maximum atomic E-state index is 12.2. The van der Waals surface area contributed by atoms with E-state index in [1.807, 2.05) is 31.0 Å². The van der Waals surface area contributed by atoms with Crippen molar-refractivity contribution < 1.29 is 13.2 Å². The Bertz CT molecular complexity index is 709. The summed E-state index contributed by atoms with van der Waals surface area (Å²) in [7, 11) is -1.45. The minimum absolute atomic E-state index is 0. The first-order valence-electron chi connectivity index (χ1n) is 9.22. The number of halogens is 2. The Morgan fingerprint density at radius 2 is 2.21 bits per heavy atom. The lowest BCUT2D eigenvalue weighted by Gasteiger charge is -2.23. The minimum atomic E-state index is -3.37. The molecule has 1 aliphatic heterocycles. The lowest BCUT2D eigenvalue weighted by molar-refractivity contribution is 0.0200. The van der Waals surface area contributed by atoms with E-state index < -0.39 is 10.0 Å². The Hall–Kier alpha value is -0.140. The molecule has 1 atom stereocenters. The molecular formula is C17H30ClIN4O3S2. The van der Waals surface area contributed by atoms with Crippen molar-refractivity contribution >= 4 is 62.9 Å². The minimum Gasteiger partial charge on any atom is -0.377 e. The summed E-state index contributed by atoms with van der Waals surface area (Å²) in [6, 6.07) is 3.85. The van der Waals surface area contributed by atoms with E-state index in [-0.39, 0.29) is 42.4 Å². The van der Waals surface area contributed by atoms with Crippen molar-refractivity contribution in [1.82, 2.24) is 14.9 Å². The van der Waals surface area contributed by atoms with Crippen LogP contribution in [-0.4, -0.2) is 64.4 Å². The number of nitrogens with zero attached hydrogens (tertiary/aromatic N) is 2. The lowest BCUT2D eigenvalue weighted by Crippen LogP contribution is -2.39. The van der Waals surface area contributed by atoms with Gasteiger partial charge >= 0.3 is 0 Å². The van der Waals surface area contributed by atoms with Gasteiger partial charge in [0.25, 0.3) is 0 Å². The van der Waals surface area contributed by atoms with Gasteiger partial charge in [-0.25, -0.2) is 13.1 Å². The molecule has 11 heteroatoms. The highest BCUT2D eigenvalue weighted by Gasteiger charge is 2.17. The van der Waals surface area contributed by atoms with Crippen LogP contribution < -0.4 is 10.0 Å². The second-order valence-corrected chi connectivity index (χ2v) is 10.2. The van der Waals surface area contributed by atoms with Crippen LogP contribution in [0.4, 0.5) is 0 Å². The number of sulfonamides is 1. The fourth-order valence-corrected chi connectivity index (χ4v) is 4.80. The van der Waals surface area contributed by atoms with Gasteiger partial charge in [0.15, 0.2) is 5.96 Å². The number of rotatable bonds is 9. The molecule has 7 nitrogen and oxygen atoms in total. The molecule has 2 heterocycles. The number of thiophene rings is 1. The Labute approximate surface area is 194 Å². The summed E-state index contributed by atoms with van der Waals surface area (Å²) in [5.74, 6) is 0.626. The first-order valence-corrected chi connectivity index (χ1v) is 12.1. The maximum Gasteiger partial charge on any atom is 0.213 e. The molecule has 162 valence electrons. The van der Waals surface area contributed by atoms with Crippen LogP contribution in [0, 0.1) is 0 Å². The van der Waals surface area contributed by atoms with E-state index in [1.165, 1.54) is 11.3 Å². The van der Waals surface area contributed by atoms with Crippen LogP contribution in [0.25, 0.3) is 0 Å². The van der Waals surface area contributed by atoms with Gasteiger partial charge in [-0.1, -0.05) is 11.6 Å². The van der Waals surface area contributed by atoms with E-state index in [4.69, 9.17) is 16.3 Å². The van der Waals surface area contributed by atoms with Crippen molar-refractivity contribution in [2.45, 2.75) is 38.8 Å². The third-order valence-corrected chi connectivity index (χ3v) is 6.69. The Kier molecular flexibility index (Phi) is 12.2. The molecule has 0 radical (unpaired) electrons. The quantitative estimate of drug-likeness (QED) is 0.274. The van der Waals surface area contributed by atoms with Gasteiger partial charge in [0.1, 0.15) is 0 Å². The largest absolute Gasteiger partial charge is 0.377 e. The van der Waals surface area contributed by atoms with Gasteiger partial charge in [0.05, 0.1) is 29.3 Å². The third-order valence-electron chi connectivity index (χ3n) is 4.14. The molecule has 0 saturated carbocycles. The van der Waals surface area contributed by atoms with E-state index in [9.17, 15) is 8.42 Å². The molecule has 1 aliphatic rings. The van der Waals surface area contributed by atoms with Crippen LogP contribution in [0.1, 0.15) is 31.1 Å². The van der Waals surface area contributed by atoms with Crippen LogP contribution >= 0.6 is 46.9 Å². The summed E-state index contributed by atoms with van der Waals surface area (Å²) in [5, 5.41) is 3.19. The van der Waals surface area contributed by atoms with Crippen LogP contribution in [-0.2, 0) is 21.3 Å². The lowest BCUT2D eigenvalue weighted by atomic mass is 10.1. The fraction of sp³-hybridized carbons (Fsp3) is 0.706. The maximum absolute atomic E-state index is 12.2. The smallest absolute Gasteiger partial charge is 0.213 e. The van der Waals surface area contributed by atoms with Gasteiger partial charge in [0.2, 0.25) is 10.0 Å². The van der Waals surface area contributed by atoms with E-state index in [1.54, 1.807) is 0 Å². The average molecular weight is 565 g/mol. The van der Waals surface area contributed by atoms with Crippen molar-refractivity contribution in [3.05, 3.63) is 21.3 Å². The number of hydrogen-bond acceptors (Lipinski definition) is 5. The number of ether oxygens (including phenoxy) is 1. The zero-order valence-electron chi connectivity index (χ0n) is 16.3. The van der Waals surface area contributed by atoms with Gasteiger partial charge in [0, 0.05) is 31.6 Å². The molecule has 1 fully saturated rings. The zero-order valence-corrected chi connectivity index (χ0v) is 21.0. The molecule has 1 aromatic rings. The van der Waals surface area contributed by atoms with E-state index in [0.717, 1.165) is 28.5 Å². The van der Waals surface area contributed by atoms with E-state index >= 15 is 0 Å². The van der Waals surface area contributed by atoms with Gasteiger partial charge in [-0.2, -0.15) is 0 Å². The Balaban J connectivity index is 0.00000392. The normalized spacial score (nSPS) is 17.8. The molecule has 0 spiro atoms. The van der Waals surface area contributed by atoms with Gasteiger partial charge in [-0.3, -0.25) is 4.99 Å². The molecule has 0 aliphatic carbocycles. The van der Waals surface area contributed by atoms with Gasteiger partial charge in [-0.15, -0.1) is 35.3 Å². The Morgan fingerprint density at radius 1 is 1.43 bits per heavy atom. The number of guanidine groups is 1. The first kappa shape index (κ1) is 25.9. The highest BCUT2D eigenvalue weighted by Crippen LogP contribution is 2.22. The second-order valence-electron chi connectivity index (χ2n) is 6.45. The SMILES string of the molecule is CCNC(=NCCS(=O)(=O)NCC1CCCCO1)N(C)Cc1ccc(Cl)s1.I. The second kappa shape index (κ2) is 13.2. The molecule has 1 aromatic heterocycles. The molecule has 28 heavy (non-hydrogen) atoms. The fourth-order valence-electron chi connectivity index (χ4n) is 2.75. The van der Waals surface area contributed by atoms with Gasteiger partial charge < -0.3 is 15.0 Å². The van der Waals surface area contributed by atoms with Crippen molar-refractivity contribution in [1.29, 1.82) is 0 Å². The van der Waals surface area contributed by atoms with Crippen LogP contribution in [0.15, 0.2) is 17.1 Å². The predicted molar refractivity (Wildman–Crippen MR) is 128 cm³/mol. The monoisotopic (exact) mass is 564 g/mol. The number of nitrogens with one attached hydrogen (secondary N) is 2. The first-order chi connectivity index (χ1) is 12.9. The van der Waals surface area contributed by atoms with Crippen molar-refractivity contribution in [2.24, 2.45) is 4.99 Å². The van der Waals surface area contributed by atoms with Crippen molar-refractivity contribution in [3.63, 3.8) is 0 Å². The standard InChI is InChI=1S/C17H29ClN4O3S2.HI/c1-3-19-17(22(2)13-15-7-8-16(18)26-15)20-9-11-27(23,24)21-12-14-6-4-5-10-25-14;/h7-8,14,21H,3-6,9-13H2,1-2H3,(H,19,20);1H. The summed E-state index contributed by atoms with van der Waals surface area (Å²) in [4.78, 5) is 7.53. The Morgan fingerprint density at radius 3 is 2.82 bits per heavy atom. The highest BCUT2D eigenvalue weighted by molar-refractivity contribution is 14.0. The molecule has 0 amide bonds. The van der Waals surface area contributed by atoms with Crippen molar-refractivity contribution in [3.8, 4) is 0 Å². The van der Waals surface area contributed by atoms with E-state index in [2.05, 4.69) is 15.0 Å². The molecular weight excluding hydrogens is 535 g/mol. The summed E-state index contributed by atoms with van der Waals surface area (Å²) >= 11 is 7.50. The molecule has 1 saturated heterocycles. The molecule has 0 aromatic carbocycles. The molecule has 0 bridgehead atoms. The highest BCUT2D eigenvalue weighted by atomic mass is 127. The van der Waals surface area contributed by atoms with E-state index in [0.29, 0.717) is 32.2 Å². The summed E-state index contributed by atoms with van der Waals surface area (Å²) in [5.41, 5.74) is 0. The number of aliphatic imine (C=N–C) groups is 1. The molecule has 2 rings (SSSR count). The third kappa shape index (κ3) is 9.57. The molecule has 1 unspecified atom stereocenters. The van der Waals surface area contributed by atoms with Gasteiger partial charge in [-0.05, 0) is 38.3 Å². The molecule has 2 N–H and O–H groups in total. The predicted octanol–water partition coefficient (Wildman–Crippen LogP) is 2.91. The van der Waals surface area contributed by atoms with Crippen LogP contribution in [0.2, 0.25) is 4.34 Å². The van der Waals surface area contributed by atoms with Crippen LogP contribution in [0.5, 0.6) is 0 Å². The summed E-state index contributed by atoms with van der Waals surface area (Å²) in [6.45, 7) is 4.59. The number of hydrogen-bond donors (Lipinski definition) is 2. The topological polar surface area (TPSA) is 83.0 Å². The summed E-state index contributed by atoms with van der Waals surface area (Å²) < 4.78 is 33.3. The zero-order chi connectivity index (χ0) is 19.7.